The second-order valence-corrected chi connectivity index (χ2v) is 9.68. The molecule has 1 aromatic heterocycles. The van der Waals surface area contributed by atoms with Crippen molar-refractivity contribution in [2.45, 2.75) is 13.3 Å². The zero-order chi connectivity index (χ0) is 28.6. The molecular formula is C31H33FN4O5. The maximum atomic E-state index is 15.0. The van der Waals surface area contributed by atoms with E-state index in [4.69, 9.17) is 18.9 Å². The number of rotatable bonds is 10. The molecule has 0 aliphatic carbocycles. The van der Waals surface area contributed by atoms with Gasteiger partial charge in [-0.3, -0.25) is 9.88 Å². The molecule has 1 aliphatic rings. The lowest BCUT2D eigenvalue weighted by Gasteiger charge is -2.26. The minimum atomic E-state index is -0.629. The Labute approximate surface area is 238 Å². The van der Waals surface area contributed by atoms with E-state index in [0.29, 0.717) is 40.4 Å². The van der Waals surface area contributed by atoms with Gasteiger partial charge < -0.3 is 29.6 Å². The van der Waals surface area contributed by atoms with E-state index < -0.39 is 11.8 Å². The number of pyridine rings is 1. The largest absolute Gasteiger partial charge is 0.493 e. The summed E-state index contributed by atoms with van der Waals surface area (Å²) < 4.78 is 38.0. The lowest BCUT2D eigenvalue weighted by atomic mass is 10.1. The molecule has 1 aliphatic heterocycles. The fourth-order valence-corrected chi connectivity index (χ4v) is 4.58. The number of ether oxygens (including phenoxy) is 4. The summed E-state index contributed by atoms with van der Waals surface area (Å²) in [5, 5.41) is 6.01. The molecule has 2 amide bonds. The highest BCUT2D eigenvalue weighted by atomic mass is 19.1. The van der Waals surface area contributed by atoms with Gasteiger partial charge in [-0.2, -0.15) is 0 Å². The zero-order valence-corrected chi connectivity index (χ0v) is 23.1. The average molecular weight is 561 g/mol. The molecular weight excluding hydrogens is 527 g/mol. The minimum Gasteiger partial charge on any atom is -0.493 e. The predicted octanol–water partition coefficient (Wildman–Crippen LogP) is 6.23. The van der Waals surface area contributed by atoms with Crippen molar-refractivity contribution in [2.24, 2.45) is 0 Å². The number of amides is 2. The van der Waals surface area contributed by atoms with Crippen LogP contribution in [-0.2, 0) is 4.74 Å². The van der Waals surface area contributed by atoms with Crippen molar-refractivity contribution in [1.29, 1.82) is 0 Å². The van der Waals surface area contributed by atoms with Crippen molar-refractivity contribution < 1.29 is 28.1 Å². The Morgan fingerprint density at radius 2 is 1.78 bits per heavy atom. The van der Waals surface area contributed by atoms with Gasteiger partial charge in [0.15, 0.2) is 23.1 Å². The lowest BCUT2D eigenvalue weighted by molar-refractivity contribution is 0.0357. The van der Waals surface area contributed by atoms with E-state index in [-0.39, 0.29) is 11.4 Å². The van der Waals surface area contributed by atoms with E-state index in [2.05, 4.69) is 20.5 Å². The fraction of sp³-hybridized carbons (Fsp3) is 0.290. The number of aromatic nitrogens is 1. The van der Waals surface area contributed by atoms with Gasteiger partial charge in [-0.15, -0.1) is 0 Å². The number of fused-ring (bicyclic) bond motifs is 1. The van der Waals surface area contributed by atoms with Crippen molar-refractivity contribution in [3.05, 3.63) is 78.2 Å². The van der Waals surface area contributed by atoms with Crippen LogP contribution in [-0.4, -0.2) is 62.5 Å². The third-order valence-electron chi connectivity index (χ3n) is 6.65. The van der Waals surface area contributed by atoms with Crippen LogP contribution < -0.4 is 24.8 Å². The van der Waals surface area contributed by atoms with Crippen LogP contribution in [0.25, 0.3) is 10.9 Å². The van der Waals surface area contributed by atoms with Crippen LogP contribution in [0.4, 0.5) is 20.6 Å². The summed E-state index contributed by atoms with van der Waals surface area (Å²) in [4.78, 5) is 19.2. The zero-order valence-electron chi connectivity index (χ0n) is 23.1. The summed E-state index contributed by atoms with van der Waals surface area (Å²) in [6.07, 6.45) is 2.46. The van der Waals surface area contributed by atoms with Gasteiger partial charge in [0.2, 0.25) is 0 Å². The number of urea groups is 1. The van der Waals surface area contributed by atoms with Crippen LogP contribution in [0, 0.1) is 12.7 Å². The second kappa shape index (κ2) is 13.3. The first-order valence-corrected chi connectivity index (χ1v) is 13.5. The molecule has 1 saturated heterocycles. The first-order chi connectivity index (χ1) is 20.0. The van der Waals surface area contributed by atoms with Gasteiger partial charge in [0, 0.05) is 54.7 Å². The number of hydrogen-bond acceptors (Lipinski definition) is 7. The third kappa shape index (κ3) is 7.41. The van der Waals surface area contributed by atoms with Crippen LogP contribution >= 0.6 is 0 Å². The standard InChI is InChI=1S/C31H33FN4O5/c1-21-5-3-6-22(17-21)34-31(37)35-23-7-8-28(25(32)18-23)41-27-9-10-33-26-20-30(29(38-2)19-24(26)27)40-14-4-11-36-12-15-39-16-13-36/h3,5-10,17-20H,4,11-16H2,1-2H3,(H2,34,35,37). The van der Waals surface area contributed by atoms with E-state index in [9.17, 15) is 4.79 Å². The first-order valence-electron chi connectivity index (χ1n) is 13.5. The SMILES string of the molecule is COc1cc2c(Oc3ccc(NC(=O)Nc4cccc(C)c4)cc3F)ccnc2cc1OCCCN1CCOCC1. The number of hydrogen-bond donors (Lipinski definition) is 2. The average Bonchev–Trinajstić information content (AvgIpc) is 2.97. The van der Waals surface area contributed by atoms with Gasteiger partial charge in [0.25, 0.3) is 0 Å². The lowest BCUT2D eigenvalue weighted by Crippen LogP contribution is -2.37. The molecule has 0 saturated carbocycles. The molecule has 2 N–H and O–H groups in total. The van der Waals surface area contributed by atoms with Crippen LogP contribution in [0.15, 0.2) is 66.9 Å². The molecule has 4 aromatic rings. The number of nitrogens with zero attached hydrogens (tertiary/aromatic N) is 2. The van der Waals surface area contributed by atoms with Crippen molar-refractivity contribution in [3.63, 3.8) is 0 Å². The van der Waals surface area contributed by atoms with E-state index in [1.54, 1.807) is 43.6 Å². The Hall–Kier alpha value is -4.41. The quantitative estimate of drug-likeness (QED) is 0.222. The van der Waals surface area contributed by atoms with Crippen LogP contribution in [0.5, 0.6) is 23.0 Å². The molecule has 5 rings (SSSR count). The van der Waals surface area contributed by atoms with Gasteiger partial charge in [-0.1, -0.05) is 12.1 Å². The van der Waals surface area contributed by atoms with Crippen molar-refractivity contribution in [1.82, 2.24) is 9.88 Å². The number of nitrogens with one attached hydrogen (secondary N) is 2. The highest BCUT2D eigenvalue weighted by Crippen LogP contribution is 2.38. The topological polar surface area (TPSA) is 94.2 Å². The van der Waals surface area contributed by atoms with Crippen molar-refractivity contribution in [3.8, 4) is 23.0 Å². The molecule has 0 radical (unpaired) electrons. The summed E-state index contributed by atoms with van der Waals surface area (Å²) in [6, 6.07) is 16.4. The molecule has 0 spiro atoms. The number of halogens is 1. The van der Waals surface area contributed by atoms with Crippen LogP contribution in [0.3, 0.4) is 0 Å². The van der Waals surface area contributed by atoms with E-state index in [1.165, 1.54) is 12.1 Å². The highest BCUT2D eigenvalue weighted by molar-refractivity contribution is 5.99. The number of anilines is 2. The molecule has 0 bridgehead atoms. The molecule has 1 fully saturated rings. The highest BCUT2D eigenvalue weighted by Gasteiger charge is 2.15. The van der Waals surface area contributed by atoms with Crippen molar-refractivity contribution >= 4 is 28.3 Å². The number of benzene rings is 3. The molecule has 3 aromatic carbocycles. The molecule has 41 heavy (non-hydrogen) atoms. The van der Waals surface area contributed by atoms with Crippen molar-refractivity contribution in [2.75, 3.05) is 57.2 Å². The third-order valence-corrected chi connectivity index (χ3v) is 6.65. The van der Waals surface area contributed by atoms with Gasteiger partial charge in [-0.25, -0.2) is 9.18 Å². The van der Waals surface area contributed by atoms with Gasteiger partial charge in [-0.05, 0) is 55.3 Å². The predicted molar refractivity (Wildman–Crippen MR) is 156 cm³/mol. The monoisotopic (exact) mass is 560 g/mol. The molecule has 214 valence electrons. The van der Waals surface area contributed by atoms with Crippen LogP contribution in [0.2, 0.25) is 0 Å². The maximum Gasteiger partial charge on any atom is 0.323 e. The maximum absolute atomic E-state index is 15.0. The number of methoxy groups -OCH3 is 1. The first kappa shape index (κ1) is 28.1. The summed E-state index contributed by atoms with van der Waals surface area (Å²) in [6.45, 7) is 6.82. The molecule has 0 unspecified atom stereocenters. The van der Waals surface area contributed by atoms with Gasteiger partial charge in [0.05, 0.1) is 32.4 Å². The second-order valence-electron chi connectivity index (χ2n) is 9.68. The smallest absolute Gasteiger partial charge is 0.323 e. The van der Waals surface area contributed by atoms with E-state index >= 15 is 4.39 Å². The van der Waals surface area contributed by atoms with Gasteiger partial charge in [0.1, 0.15) is 5.75 Å². The minimum absolute atomic E-state index is 0.00421. The number of carbonyl (C=O) groups excluding carboxylic acids is 1. The van der Waals surface area contributed by atoms with E-state index in [0.717, 1.165) is 44.8 Å². The number of morpholine rings is 1. The molecule has 2 heterocycles. The summed E-state index contributed by atoms with van der Waals surface area (Å²) >= 11 is 0. The van der Waals surface area contributed by atoms with E-state index in [1.807, 2.05) is 25.1 Å². The molecule has 9 nitrogen and oxygen atoms in total. The van der Waals surface area contributed by atoms with Crippen LogP contribution in [0.1, 0.15) is 12.0 Å². The Morgan fingerprint density at radius 1 is 0.976 bits per heavy atom. The Kier molecular flexibility index (Phi) is 9.12. The summed E-state index contributed by atoms with van der Waals surface area (Å²) in [7, 11) is 1.57. The fourth-order valence-electron chi connectivity index (χ4n) is 4.58. The summed E-state index contributed by atoms with van der Waals surface area (Å²) in [5.41, 5.74) is 2.57. The molecule has 10 heteroatoms. The Bertz CT molecular complexity index is 1510. The summed E-state index contributed by atoms with van der Waals surface area (Å²) in [5.74, 6) is 0.891. The molecule has 0 atom stereocenters. The number of carbonyl (C=O) groups is 1. The normalized spacial score (nSPS) is 13.5. The van der Waals surface area contributed by atoms with Gasteiger partial charge >= 0.3 is 6.03 Å². The number of aryl methyl sites for hydroxylation is 1. The Morgan fingerprint density at radius 3 is 2.54 bits per heavy atom. The Balaban J connectivity index is 1.24.